The second-order valence-corrected chi connectivity index (χ2v) is 11.3. The average Bonchev–Trinajstić information content (AvgIpc) is 2.98. The second kappa shape index (κ2) is 9.27. The number of rotatable bonds is 5. The van der Waals surface area contributed by atoms with Gasteiger partial charge in [-0.05, 0) is 75.0 Å². The Labute approximate surface area is 197 Å². The van der Waals surface area contributed by atoms with Gasteiger partial charge in [-0.3, -0.25) is 4.21 Å². The maximum Gasteiger partial charge on any atom is 0.227 e. The summed E-state index contributed by atoms with van der Waals surface area (Å²) >= 11 is 6.05. The fourth-order valence-electron chi connectivity index (χ4n) is 5.07. The third-order valence-electron chi connectivity index (χ3n) is 7.26. The lowest BCUT2D eigenvalue weighted by atomic mass is 9.77. The smallest absolute Gasteiger partial charge is 0.227 e. The Morgan fingerprint density at radius 3 is 2.53 bits per heavy atom. The van der Waals surface area contributed by atoms with Crippen LogP contribution in [0.2, 0.25) is 5.02 Å². The molecule has 3 aliphatic rings. The van der Waals surface area contributed by atoms with Crippen molar-refractivity contribution in [3.63, 3.8) is 0 Å². The van der Waals surface area contributed by atoms with Gasteiger partial charge in [-0.15, -0.1) is 0 Å². The van der Waals surface area contributed by atoms with Crippen molar-refractivity contribution in [2.45, 2.75) is 67.7 Å². The minimum atomic E-state index is -1.10. The Morgan fingerprint density at radius 1 is 1.12 bits per heavy atom. The molecule has 3 heterocycles. The highest BCUT2D eigenvalue weighted by atomic mass is 35.5. The maximum absolute atomic E-state index is 13.0. The van der Waals surface area contributed by atoms with E-state index in [-0.39, 0.29) is 12.1 Å². The molecule has 0 radical (unpaired) electrons. The zero-order valence-corrected chi connectivity index (χ0v) is 19.9. The molecule has 8 heteroatoms. The average molecular weight is 475 g/mol. The Hall–Kier alpha value is -1.70. The number of fused-ring (bicyclic) bond motifs is 1. The van der Waals surface area contributed by atoms with Gasteiger partial charge in [-0.2, -0.15) is 4.98 Å². The molecule has 2 fully saturated rings. The van der Waals surface area contributed by atoms with Crippen LogP contribution in [0.4, 0.5) is 11.8 Å². The molecule has 2 aromatic rings. The first-order chi connectivity index (χ1) is 15.6. The van der Waals surface area contributed by atoms with Crippen LogP contribution in [0.15, 0.2) is 29.2 Å². The molecule has 1 saturated carbocycles. The largest absolute Gasteiger partial charge is 0.394 e. The SMILES string of the molecule is O=[S@]1CCCCc2nc(N3CCC(c4ccc(Cl)cc4)CC3)nc(NC3(CO)CCC3)c21. The van der Waals surface area contributed by atoms with E-state index >= 15 is 0 Å². The standard InChI is InChI=1S/C24H31ClN4O2S/c25-19-7-5-17(6-8-19)18-9-13-29(14-10-18)23-26-20-4-1-2-15-32(31)21(20)22(27-23)28-24(16-30)11-3-12-24/h5-8,18,30H,1-4,9-16H2,(H,26,27,28)/t32-/m0/s1. The fraction of sp³-hybridized carbons (Fsp3) is 0.583. The molecule has 32 heavy (non-hydrogen) atoms. The van der Waals surface area contributed by atoms with Crippen LogP contribution in [0.5, 0.6) is 0 Å². The molecule has 1 aliphatic carbocycles. The summed E-state index contributed by atoms with van der Waals surface area (Å²) in [7, 11) is -1.10. The number of nitrogens with zero attached hydrogens (tertiary/aromatic N) is 3. The highest BCUT2D eigenvalue weighted by Gasteiger charge is 2.38. The van der Waals surface area contributed by atoms with Gasteiger partial charge in [-0.1, -0.05) is 23.7 Å². The quantitative estimate of drug-likeness (QED) is 0.673. The van der Waals surface area contributed by atoms with E-state index in [2.05, 4.69) is 22.3 Å². The minimum absolute atomic E-state index is 0.0697. The maximum atomic E-state index is 13.0. The molecule has 0 amide bonds. The van der Waals surface area contributed by atoms with Crippen molar-refractivity contribution in [3.8, 4) is 0 Å². The number of aliphatic hydroxyl groups excluding tert-OH is 1. The molecule has 6 nitrogen and oxygen atoms in total. The molecular formula is C24H31ClN4O2S. The number of hydrogen-bond donors (Lipinski definition) is 2. The van der Waals surface area contributed by atoms with Crippen LogP contribution in [-0.2, 0) is 17.2 Å². The molecule has 2 aliphatic heterocycles. The lowest BCUT2D eigenvalue weighted by Gasteiger charge is -2.42. The zero-order chi connectivity index (χ0) is 22.1. The van der Waals surface area contributed by atoms with Crippen molar-refractivity contribution >= 4 is 34.2 Å². The molecule has 1 saturated heterocycles. The third kappa shape index (κ3) is 4.39. The summed E-state index contributed by atoms with van der Waals surface area (Å²) in [6, 6.07) is 8.19. The number of piperidine rings is 1. The summed E-state index contributed by atoms with van der Waals surface area (Å²) in [5.41, 5.74) is 1.92. The van der Waals surface area contributed by atoms with E-state index in [0.717, 1.165) is 86.0 Å². The van der Waals surface area contributed by atoms with Gasteiger partial charge < -0.3 is 15.3 Å². The van der Waals surface area contributed by atoms with E-state index in [1.807, 2.05) is 12.1 Å². The Balaban J connectivity index is 1.40. The van der Waals surface area contributed by atoms with E-state index in [9.17, 15) is 9.32 Å². The summed E-state index contributed by atoms with van der Waals surface area (Å²) in [4.78, 5) is 12.9. The van der Waals surface area contributed by atoms with Crippen molar-refractivity contribution in [1.29, 1.82) is 0 Å². The van der Waals surface area contributed by atoms with Crippen LogP contribution in [-0.4, -0.2) is 50.3 Å². The van der Waals surface area contributed by atoms with Crippen molar-refractivity contribution in [2.75, 3.05) is 35.7 Å². The van der Waals surface area contributed by atoms with E-state index in [4.69, 9.17) is 21.6 Å². The second-order valence-electron chi connectivity index (χ2n) is 9.38. The molecule has 1 aromatic carbocycles. The van der Waals surface area contributed by atoms with Gasteiger partial charge in [0.05, 0.1) is 28.6 Å². The van der Waals surface area contributed by atoms with E-state index in [0.29, 0.717) is 17.5 Å². The minimum Gasteiger partial charge on any atom is -0.394 e. The normalized spacial score (nSPS) is 23.2. The number of benzene rings is 1. The van der Waals surface area contributed by atoms with Crippen LogP contribution in [0.3, 0.4) is 0 Å². The predicted octanol–water partition coefficient (Wildman–Crippen LogP) is 4.28. The Morgan fingerprint density at radius 2 is 1.88 bits per heavy atom. The summed E-state index contributed by atoms with van der Waals surface area (Å²) in [5, 5.41) is 14.3. The van der Waals surface area contributed by atoms with Gasteiger partial charge >= 0.3 is 0 Å². The van der Waals surface area contributed by atoms with Crippen LogP contribution >= 0.6 is 11.6 Å². The van der Waals surface area contributed by atoms with E-state index < -0.39 is 10.8 Å². The van der Waals surface area contributed by atoms with E-state index in [1.54, 1.807) is 0 Å². The lowest BCUT2D eigenvalue weighted by Crippen LogP contribution is -2.49. The molecule has 0 unspecified atom stereocenters. The van der Waals surface area contributed by atoms with Crippen molar-refractivity contribution < 1.29 is 9.32 Å². The number of hydrogen-bond acceptors (Lipinski definition) is 6. The summed E-state index contributed by atoms with van der Waals surface area (Å²) in [6.45, 7) is 1.85. The number of aryl methyl sites for hydroxylation is 1. The number of nitrogens with one attached hydrogen (secondary N) is 1. The molecule has 0 bridgehead atoms. The number of anilines is 2. The van der Waals surface area contributed by atoms with Crippen LogP contribution in [0.1, 0.15) is 62.1 Å². The van der Waals surface area contributed by atoms with Gasteiger partial charge in [0.25, 0.3) is 0 Å². The molecule has 172 valence electrons. The van der Waals surface area contributed by atoms with Gasteiger partial charge in [0, 0.05) is 23.9 Å². The zero-order valence-electron chi connectivity index (χ0n) is 18.4. The first kappa shape index (κ1) is 22.1. The summed E-state index contributed by atoms with van der Waals surface area (Å²) < 4.78 is 13.0. The number of aliphatic hydroxyl groups is 1. The summed E-state index contributed by atoms with van der Waals surface area (Å²) in [5.74, 6) is 2.58. The lowest BCUT2D eigenvalue weighted by molar-refractivity contribution is 0.143. The predicted molar refractivity (Wildman–Crippen MR) is 129 cm³/mol. The molecule has 1 aromatic heterocycles. The first-order valence-corrected chi connectivity index (χ1v) is 13.5. The van der Waals surface area contributed by atoms with Crippen LogP contribution < -0.4 is 10.2 Å². The van der Waals surface area contributed by atoms with Crippen LogP contribution in [0.25, 0.3) is 0 Å². The summed E-state index contributed by atoms with van der Waals surface area (Å²) in [6.07, 6.45) is 7.77. The first-order valence-electron chi connectivity index (χ1n) is 11.8. The van der Waals surface area contributed by atoms with Gasteiger partial charge in [-0.25, -0.2) is 4.98 Å². The Bertz CT molecular complexity index is 983. The third-order valence-corrected chi connectivity index (χ3v) is 9.06. The molecule has 1 atom stereocenters. The molecule has 0 spiro atoms. The monoisotopic (exact) mass is 474 g/mol. The van der Waals surface area contributed by atoms with Crippen molar-refractivity contribution in [1.82, 2.24) is 9.97 Å². The Kier molecular flexibility index (Phi) is 6.41. The molecule has 5 rings (SSSR count). The molecular weight excluding hydrogens is 444 g/mol. The topological polar surface area (TPSA) is 78.4 Å². The van der Waals surface area contributed by atoms with Crippen molar-refractivity contribution in [3.05, 3.63) is 40.5 Å². The van der Waals surface area contributed by atoms with Crippen LogP contribution in [0, 0.1) is 0 Å². The molecule has 2 N–H and O–H groups in total. The van der Waals surface area contributed by atoms with Gasteiger partial charge in [0.1, 0.15) is 10.7 Å². The van der Waals surface area contributed by atoms with Gasteiger partial charge in [0.15, 0.2) is 0 Å². The van der Waals surface area contributed by atoms with Crippen molar-refractivity contribution in [2.24, 2.45) is 0 Å². The number of aromatic nitrogens is 2. The fourth-order valence-corrected chi connectivity index (χ4v) is 6.59. The van der Waals surface area contributed by atoms with Gasteiger partial charge in [0.2, 0.25) is 5.95 Å². The highest BCUT2D eigenvalue weighted by Crippen LogP contribution is 2.38. The van der Waals surface area contributed by atoms with E-state index in [1.165, 1.54) is 5.56 Å². The highest BCUT2D eigenvalue weighted by molar-refractivity contribution is 7.85. The number of halogens is 1.